The average Bonchev–Trinajstić information content (AvgIpc) is 2.99. The molecule has 8 nitrogen and oxygen atoms in total. The Balaban J connectivity index is 0.00000212. The van der Waals surface area contributed by atoms with E-state index in [9.17, 15) is 23.6 Å². The summed E-state index contributed by atoms with van der Waals surface area (Å²) in [5.41, 5.74) is 0. The summed E-state index contributed by atoms with van der Waals surface area (Å²) < 4.78 is 14.3. The van der Waals surface area contributed by atoms with Crippen LogP contribution in [-0.2, 0) is 24.0 Å². The fraction of sp³-hybridized carbons (Fsp3) is 0.818. The highest BCUT2D eigenvalue weighted by Crippen LogP contribution is 2.22. The van der Waals surface area contributed by atoms with Crippen LogP contribution in [0.1, 0.15) is 86.5 Å². The van der Waals surface area contributed by atoms with E-state index in [4.69, 9.17) is 0 Å². The number of hydroxylamine groups is 2. The third kappa shape index (κ3) is 9.76. The molecule has 0 aromatic heterocycles. The van der Waals surface area contributed by atoms with E-state index in [1.165, 1.54) is 0 Å². The van der Waals surface area contributed by atoms with E-state index in [-0.39, 0.29) is 44.4 Å². The summed E-state index contributed by atoms with van der Waals surface area (Å²) in [7, 11) is 0. The van der Waals surface area contributed by atoms with Gasteiger partial charge in [-0.3, -0.25) is 19.3 Å². The molecule has 2 heterocycles. The molecule has 0 saturated carbocycles. The summed E-state index contributed by atoms with van der Waals surface area (Å²) in [5, 5.41) is 2.81. The largest absolute Gasteiger partial charge is 0.353 e. The lowest BCUT2D eigenvalue weighted by Gasteiger charge is -2.33. The van der Waals surface area contributed by atoms with Crippen LogP contribution in [0.25, 0.3) is 0 Å². The van der Waals surface area contributed by atoms with Crippen LogP contribution in [-0.4, -0.2) is 65.0 Å². The second kappa shape index (κ2) is 15.7. The van der Waals surface area contributed by atoms with Crippen LogP contribution in [0.2, 0.25) is 0 Å². The molecule has 2 rings (SSSR count). The smallest absolute Gasteiger partial charge is 0.334 e. The van der Waals surface area contributed by atoms with E-state index >= 15 is 0 Å². The van der Waals surface area contributed by atoms with Gasteiger partial charge in [-0.1, -0.05) is 40.5 Å². The van der Waals surface area contributed by atoms with Gasteiger partial charge in [0, 0.05) is 38.0 Å². The van der Waals surface area contributed by atoms with E-state index in [0.717, 1.165) is 25.7 Å². The molecule has 3 atom stereocenters. The quantitative estimate of drug-likeness (QED) is 0.605. The van der Waals surface area contributed by atoms with Gasteiger partial charge in [0.15, 0.2) is 6.17 Å². The van der Waals surface area contributed by atoms with Crippen molar-refractivity contribution in [1.82, 2.24) is 15.3 Å². The number of hydrogen-bond acceptors (Lipinski definition) is 6. The predicted molar refractivity (Wildman–Crippen MR) is 116 cm³/mol. The Morgan fingerprint density at radius 3 is 2.00 bits per heavy atom. The van der Waals surface area contributed by atoms with Crippen LogP contribution in [0.4, 0.5) is 4.39 Å². The van der Waals surface area contributed by atoms with Gasteiger partial charge >= 0.3 is 5.97 Å². The molecule has 0 aromatic rings. The van der Waals surface area contributed by atoms with Crippen LogP contribution >= 0.6 is 0 Å². The first kappa shape index (κ1) is 29.0. The molecule has 2 aliphatic rings. The minimum Gasteiger partial charge on any atom is -0.353 e. The summed E-state index contributed by atoms with van der Waals surface area (Å²) in [6.45, 7) is 12.0. The molecule has 31 heavy (non-hydrogen) atoms. The minimum absolute atomic E-state index is 0.0136. The second-order valence-electron chi connectivity index (χ2n) is 7.23. The van der Waals surface area contributed by atoms with Gasteiger partial charge in [-0.2, -0.15) is 0 Å². The highest BCUT2D eigenvalue weighted by atomic mass is 19.1. The van der Waals surface area contributed by atoms with E-state index in [1.807, 2.05) is 46.4 Å². The SMILES string of the molecule is CC.CC.CC1CCCCC(C)N1C[C@H](F)C(=O)NCCC(=O)ON1C(=O)CCC1=O. The van der Waals surface area contributed by atoms with Crippen molar-refractivity contribution in [3.05, 3.63) is 0 Å². The standard InChI is InChI=1S/C18H28FN3O5.2C2H6/c1-12-5-3-4-6-13(2)21(12)11-14(19)18(26)20-10-9-17(25)27-22-15(23)7-8-16(22)24;2*1-2/h12-14H,3-11H2,1-2H3,(H,20,26);2*1-2H3/t12?,13?,14-;;/m0../s1. The highest BCUT2D eigenvalue weighted by Gasteiger charge is 2.33. The summed E-state index contributed by atoms with van der Waals surface area (Å²) in [4.78, 5) is 53.1. The van der Waals surface area contributed by atoms with Gasteiger partial charge in [-0.15, -0.1) is 5.06 Å². The van der Waals surface area contributed by atoms with Crippen LogP contribution in [0, 0.1) is 0 Å². The van der Waals surface area contributed by atoms with Crippen molar-refractivity contribution < 1.29 is 28.4 Å². The number of hydrogen-bond donors (Lipinski definition) is 1. The molecule has 180 valence electrons. The molecule has 0 bridgehead atoms. The Hall–Kier alpha value is -2.03. The van der Waals surface area contributed by atoms with Crippen molar-refractivity contribution >= 4 is 23.7 Å². The first-order valence-electron chi connectivity index (χ1n) is 11.5. The number of likely N-dealkylation sites (tertiary alicyclic amines) is 1. The van der Waals surface area contributed by atoms with Gasteiger partial charge in [0.2, 0.25) is 0 Å². The number of nitrogens with zero attached hydrogens (tertiary/aromatic N) is 2. The minimum atomic E-state index is -1.69. The molecular weight excluding hydrogens is 405 g/mol. The first-order chi connectivity index (χ1) is 14.8. The van der Waals surface area contributed by atoms with Gasteiger partial charge in [0.25, 0.3) is 17.7 Å². The van der Waals surface area contributed by atoms with Gasteiger partial charge in [-0.05, 0) is 26.7 Å². The van der Waals surface area contributed by atoms with E-state index in [1.54, 1.807) is 0 Å². The maximum atomic E-state index is 14.3. The van der Waals surface area contributed by atoms with E-state index in [0.29, 0.717) is 5.06 Å². The van der Waals surface area contributed by atoms with Crippen molar-refractivity contribution in [2.75, 3.05) is 13.1 Å². The topological polar surface area (TPSA) is 96.0 Å². The Labute approximate surface area is 185 Å². The number of rotatable bonds is 7. The molecule has 0 aliphatic carbocycles. The number of halogens is 1. The van der Waals surface area contributed by atoms with Crippen molar-refractivity contribution in [2.24, 2.45) is 0 Å². The van der Waals surface area contributed by atoms with Crippen molar-refractivity contribution in [1.29, 1.82) is 0 Å². The summed E-state index contributed by atoms with van der Waals surface area (Å²) >= 11 is 0. The number of alkyl halides is 1. The molecule has 0 spiro atoms. The number of carbonyl (C=O) groups excluding carboxylic acids is 4. The van der Waals surface area contributed by atoms with Crippen LogP contribution in [0.5, 0.6) is 0 Å². The second-order valence-corrected chi connectivity index (χ2v) is 7.23. The molecule has 2 saturated heterocycles. The van der Waals surface area contributed by atoms with Crippen LogP contribution in [0.15, 0.2) is 0 Å². The average molecular weight is 446 g/mol. The molecule has 0 radical (unpaired) electrons. The number of nitrogens with one attached hydrogen (secondary N) is 1. The lowest BCUT2D eigenvalue weighted by atomic mass is 10.1. The molecule has 0 aromatic carbocycles. The van der Waals surface area contributed by atoms with Gasteiger partial charge in [-0.25, -0.2) is 9.18 Å². The van der Waals surface area contributed by atoms with Crippen molar-refractivity contribution in [2.45, 2.75) is 105 Å². The Morgan fingerprint density at radius 1 is 1.03 bits per heavy atom. The Morgan fingerprint density at radius 2 is 1.52 bits per heavy atom. The number of carbonyl (C=O) groups is 4. The van der Waals surface area contributed by atoms with Gasteiger partial charge in [0.1, 0.15) is 0 Å². The van der Waals surface area contributed by atoms with Gasteiger partial charge in [0.05, 0.1) is 6.42 Å². The lowest BCUT2D eigenvalue weighted by molar-refractivity contribution is -0.197. The Bertz CT molecular complexity index is 559. The molecule has 2 fully saturated rings. The number of imide groups is 1. The van der Waals surface area contributed by atoms with E-state index < -0.39 is 29.9 Å². The fourth-order valence-electron chi connectivity index (χ4n) is 3.48. The monoisotopic (exact) mass is 445 g/mol. The predicted octanol–water partition coefficient (Wildman–Crippen LogP) is 3.14. The zero-order chi connectivity index (χ0) is 24.0. The maximum absolute atomic E-state index is 14.3. The van der Waals surface area contributed by atoms with Crippen molar-refractivity contribution in [3.8, 4) is 0 Å². The number of amides is 3. The summed E-state index contributed by atoms with van der Waals surface area (Å²) in [6.07, 6.45) is 2.26. The third-order valence-electron chi connectivity index (χ3n) is 5.11. The van der Waals surface area contributed by atoms with Crippen LogP contribution < -0.4 is 5.32 Å². The molecular formula is C22H40FN3O5. The molecule has 9 heteroatoms. The molecule has 3 amide bonds. The van der Waals surface area contributed by atoms with Crippen molar-refractivity contribution in [3.63, 3.8) is 0 Å². The summed E-state index contributed by atoms with van der Waals surface area (Å²) in [6, 6.07) is 0.443. The first-order valence-corrected chi connectivity index (χ1v) is 11.5. The maximum Gasteiger partial charge on any atom is 0.334 e. The fourth-order valence-corrected chi connectivity index (χ4v) is 3.48. The highest BCUT2D eigenvalue weighted by molar-refractivity contribution is 6.01. The molecule has 1 N–H and O–H groups in total. The normalized spacial score (nSPS) is 22.4. The van der Waals surface area contributed by atoms with Crippen LogP contribution in [0.3, 0.4) is 0 Å². The van der Waals surface area contributed by atoms with Gasteiger partial charge < -0.3 is 10.2 Å². The molecule has 2 aliphatic heterocycles. The Kier molecular flexibility index (Phi) is 14.7. The zero-order valence-corrected chi connectivity index (χ0v) is 19.9. The lowest BCUT2D eigenvalue weighted by Crippen LogP contribution is -2.47. The molecule has 2 unspecified atom stereocenters. The third-order valence-corrected chi connectivity index (χ3v) is 5.11. The summed E-state index contributed by atoms with van der Waals surface area (Å²) in [5.74, 6) is -2.74. The van der Waals surface area contributed by atoms with E-state index in [2.05, 4.69) is 10.2 Å². The zero-order valence-electron chi connectivity index (χ0n) is 19.9.